The molecule has 2 aromatic carbocycles. The number of methoxy groups -OCH3 is 1. The number of nitrogens with zero attached hydrogens (tertiary/aromatic N) is 3. The smallest absolute Gasteiger partial charge is 0.258 e. The Kier molecular flexibility index (Phi) is 5.52. The third-order valence-corrected chi connectivity index (χ3v) is 4.73. The predicted molar refractivity (Wildman–Crippen MR) is 113 cm³/mol. The number of aromatic amines is 1. The van der Waals surface area contributed by atoms with Crippen molar-refractivity contribution in [2.45, 2.75) is 13.1 Å². The Balaban J connectivity index is 1.67. The number of hydrogen-bond donors (Lipinski definition) is 1. The molecule has 0 saturated carbocycles. The second-order valence-electron chi connectivity index (χ2n) is 6.78. The van der Waals surface area contributed by atoms with Crippen LogP contribution in [0.5, 0.6) is 5.75 Å². The Morgan fingerprint density at radius 1 is 1.03 bits per heavy atom. The summed E-state index contributed by atoms with van der Waals surface area (Å²) in [5.41, 5.74) is 1.76. The topological polar surface area (TPSA) is 88.2 Å². The average molecular weight is 400 g/mol. The average Bonchev–Trinajstić information content (AvgIpc) is 2.79. The number of rotatable bonds is 6. The fourth-order valence-electron chi connectivity index (χ4n) is 3.21. The van der Waals surface area contributed by atoms with E-state index in [1.807, 2.05) is 30.3 Å². The molecule has 2 heterocycles. The predicted octanol–water partition coefficient (Wildman–Crippen LogP) is 3.17. The number of aromatic nitrogens is 3. The monoisotopic (exact) mass is 400 g/mol. The minimum absolute atomic E-state index is 0.153. The van der Waals surface area contributed by atoms with Gasteiger partial charge in [0.2, 0.25) is 0 Å². The van der Waals surface area contributed by atoms with Gasteiger partial charge in [-0.25, -0.2) is 4.98 Å². The fraction of sp³-hybridized carbons (Fsp3) is 0.130. The molecule has 7 nitrogen and oxygen atoms in total. The lowest BCUT2D eigenvalue weighted by molar-refractivity contribution is 0.0725. The van der Waals surface area contributed by atoms with Crippen LogP contribution in [0.1, 0.15) is 21.7 Å². The molecule has 7 heteroatoms. The SMILES string of the molecule is COc1ccc(CN(Cc2nc3ccccc3c(=O)[nH]2)C(=O)c2cccnc2)cc1. The zero-order chi connectivity index (χ0) is 20.9. The highest BCUT2D eigenvalue weighted by molar-refractivity contribution is 5.93. The van der Waals surface area contributed by atoms with Crippen LogP contribution >= 0.6 is 0 Å². The van der Waals surface area contributed by atoms with E-state index in [-0.39, 0.29) is 18.0 Å². The largest absolute Gasteiger partial charge is 0.497 e. The van der Waals surface area contributed by atoms with Crippen molar-refractivity contribution in [2.24, 2.45) is 0 Å². The van der Waals surface area contributed by atoms with Crippen molar-refractivity contribution in [3.05, 3.63) is 100 Å². The summed E-state index contributed by atoms with van der Waals surface area (Å²) >= 11 is 0. The van der Waals surface area contributed by atoms with Crippen LogP contribution in [-0.2, 0) is 13.1 Å². The Morgan fingerprint density at radius 2 is 1.83 bits per heavy atom. The summed E-state index contributed by atoms with van der Waals surface area (Å²) in [4.78, 5) is 38.6. The summed E-state index contributed by atoms with van der Waals surface area (Å²) in [6, 6.07) is 18.1. The number of carbonyl (C=O) groups excluding carboxylic acids is 1. The first kappa shape index (κ1) is 19.3. The highest BCUT2D eigenvalue weighted by Gasteiger charge is 2.18. The van der Waals surface area contributed by atoms with Gasteiger partial charge in [0.1, 0.15) is 11.6 Å². The highest BCUT2D eigenvalue weighted by Crippen LogP contribution is 2.16. The first-order valence-electron chi connectivity index (χ1n) is 9.44. The maximum absolute atomic E-state index is 13.2. The molecular weight excluding hydrogens is 380 g/mol. The number of para-hydroxylation sites is 1. The van der Waals surface area contributed by atoms with Crippen LogP contribution in [-0.4, -0.2) is 32.9 Å². The highest BCUT2D eigenvalue weighted by atomic mass is 16.5. The van der Waals surface area contributed by atoms with Crippen LogP contribution in [0, 0.1) is 0 Å². The summed E-state index contributed by atoms with van der Waals surface area (Å²) in [5.74, 6) is 0.962. The quantitative estimate of drug-likeness (QED) is 0.537. The van der Waals surface area contributed by atoms with Gasteiger partial charge in [-0.15, -0.1) is 0 Å². The number of ether oxygens (including phenoxy) is 1. The molecule has 0 aliphatic rings. The lowest BCUT2D eigenvalue weighted by Gasteiger charge is -2.22. The molecule has 1 N–H and O–H groups in total. The maximum Gasteiger partial charge on any atom is 0.258 e. The number of carbonyl (C=O) groups is 1. The molecule has 2 aromatic heterocycles. The summed E-state index contributed by atoms with van der Waals surface area (Å²) in [6.45, 7) is 0.494. The molecule has 0 bridgehead atoms. The Labute approximate surface area is 173 Å². The molecule has 0 radical (unpaired) electrons. The van der Waals surface area contributed by atoms with Gasteiger partial charge >= 0.3 is 0 Å². The Morgan fingerprint density at radius 3 is 2.57 bits per heavy atom. The lowest BCUT2D eigenvalue weighted by atomic mass is 10.1. The Bertz CT molecular complexity index is 1220. The third-order valence-electron chi connectivity index (χ3n) is 4.73. The molecule has 4 aromatic rings. The molecule has 0 atom stereocenters. The van der Waals surface area contributed by atoms with E-state index in [0.717, 1.165) is 11.3 Å². The van der Waals surface area contributed by atoms with Crippen molar-refractivity contribution >= 4 is 16.8 Å². The second-order valence-corrected chi connectivity index (χ2v) is 6.78. The van der Waals surface area contributed by atoms with Crippen molar-refractivity contribution < 1.29 is 9.53 Å². The lowest BCUT2D eigenvalue weighted by Crippen LogP contribution is -2.31. The van der Waals surface area contributed by atoms with Crippen LogP contribution in [0.3, 0.4) is 0 Å². The van der Waals surface area contributed by atoms with E-state index in [9.17, 15) is 9.59 Å². The summed E-state index contributed by atoms with van der Waals surface area (Å²) in [7, 11) is 1.61. The van der Waals surface area contributed by atoms with Gasteiger partial charge in [-0.05, 0) is 42.0 Å². The van der Waals surface area contributed by atoms with Crippen molar-refractivity contribution in [3.63, 3.8) is 0 Å². The van der Waals surface area contributed by atoms with Crippen LogP contribution in [0.2, 0.25) is 0 Å². The van der Waals surface area contributed by atoms with Gasteiger partial charge in [0.05, 0.1) is 30.1 Å². The molecule has 4 rings (SSSR count). The van der Waals surface area contributed by atoms with E-state index in [1.165, 1.54) is 6.20 Å². The van der Waals surface area contributed by atoms with E-state index in [4.69, 9.17) is 4.74 Å². The molecule has 0 saturated heterocycles. The number of nitrogens with one attached hydrogen (secondary N) is 1. The molecule has 0 aliphatic carbocycles. The zero-order valence-electron chi connectivity index (χ0n) is 16.4. The number of H-pyrrole nitrogens is 1. The molecule has 0 unspecified atom stereocenters. The first-order valence-corrected chi connectivity index (χ1v) is 9.44. The van der Waals surface area contributed by atoms with Crippen LogP contribution in [0.4, 0.5) is 0 Å². The number of hydrogen-bond acceptors (Lipinski definition) is 5. The van der Waals surface area contributed by atoms with Crippen molar-refractivity contribution in [1.29, 1.82) is 0 Å². The van der Waals surface area contributed by atoms with Crippen molar-refractivity contribution in [2.75, 3.05) is 7.11 Å². The van der Waals surface area contributed by atoms with Gasteiger partial charge < -0.3 is 14.6 Å². The molecule has 0 aliphatic heterocycles. The fourth-order valence-corrected chi connectivity index (χ4v) is 3.21. The minimum atomic E-state index is -0.228. The van der Waals surface area contributed by atoms with E-state index in [0.29, 0.717) is 28.8 Å². The number of pyridine rings is 1. The van der Waals surface area contributed by atoms with Gasteiger partial charge in [-0.1, -0.05) is 24.3 Å². The van der Waals surface area contributed by atoms with Crippen LogP contribution < -0.4 is 10.3 Å². The third kappa shape index (κ3) is 4.20. The normalized spacial score (nSPS) is 10.7. The van der Waals surface area contributed by atoms with Gasteiger partial charge in [0.25, 0.3) is 11.5 Å². The van der Waals surface area contributed by atoms with Crippen LogP contribution in [0.15, 0.2) is 77.9 Å². The van der Waals surface area contributed by atoms with Gasteiger partial charge in [-0.2, -0.15) is 0 Å². The maximum atomic E-state index is 13.2. The minimum Gasteiger partial charge on any atom is -0.497 e. The van der Waals surface area contributed by atoms with Gasteiger partial charge in [0.15, 0.2) is 0 Å². The number of benzene rings is 2. The molecule has 30 heavy (non-hydrogen) atoms. The number of fused-ring (bicyclic) bond motifs is 1. The molecule has 0 fully saturated rings. The zero-order valence-corrected chi connectivity index (χ0v) is 16.4. The molecule has 0 spiro atoms. The van der Waals surface area contributed by atoms with E-state index in [1.54, 1.807) is 48.5 Å². The van der Waals surface area contributed by atoms with E-state index < -0.39 is 0 Å². The van der Waals surface area contributed by atoms with Gasteiger partial charge in [0, 0.05) is 18.9 Å². The Hall–Kier alpha value is -4.00. The number of amides is 1. The van der Waals surface area contributed by atoms with Crippen molar-refractivity contribution in [3.8, 4) is 5.75 Å². The van der Waals surface area contributed by atoms with Crippen LogP contribution in [0.25, 0.3) is 10.9 Å². The summed E-state index contributed by atoms with van der Waals surface area (Å²) in [5, 5.41) is 0.515. The molecular formula is C23H20N4O3. The summed E-state index contributed by atoms with van der Waals surface area (Å²) in [6.07, 6.45) is 3.15. The van der Waals surface area contributed by atoms with E-state index in [2.05, 4.69) is 15.0 Å². The molecule has 1 amide bonds. The first-order chi connectivity index (χ1) is 14.6. The summed E-state index contributed by atoms with van der Waals surface area (Å²) < 4.78 is 5.20. The second kappa shape index (κ2) is 8.57. The van der Waals surface area contributed by atoms with Crippen molar-refractivity contribution in [1.82, 2.24) is 19.9 Å². The molecule has 150 valence electrons. The van der Waals surface area contributed by atoms with Gasteiger partial charge in [-0.3, -0.25) is 14.6 Å². The standard InChI is InChI=1S/C23H20N4O3/c1-30-18-10-8-16(9-11-18)14-27(23(29)17-5-4-12-24-13-17)15-21-25-20-7-3-2-6-19(20)22(28)26-21/h2-13H,14-15H2,1H3,(H,25,26,28). The van der Waals surface area contributed by atoms with E-state index >= 15 is 0 Å².